The van der Waals surface area contributed by atoms with Gasteiger partial charge in [-0.05, 0) is 40.1 Å². The van der Waals surface area contributed by atoms with Crippen molar-refractivity contribution in [3.8, 4) is 0 Å². The summed E-state index contributed by atoms with van der Waals surface area (Å²) in [6.07, 6.45) is 0. The molecule has 1 rings (SSSR count). The van der Waals surface area contributed by atoms with Crippen LogP contribution in [0.3, 0.4) is 0 Å². The van der Waals surface area contributed by atoms with E-state index in [9.17, 15) is 0 Å². The molecule has 0 aliphatic heterocycles. The van der Waals surface area contributed by atoms with Gasteiger partial charge in [0, 0.05) is 28.9 Å². The maximum atomic E-state index is 3.51. The SMILES string of the molecule is Cc1ccc(CNC(C)CN(C)C)s1. The highest BCUT2D eigenvalue weighted by molar-refractivity contribution is 7.11. The molecular weight excluding hydrogens is 192 g/mol. The van der Waals surface area contributed by atoms with E-state index in [4.69, 9.17) is 0 Å². The van der Waals surface area contributed by atoms with Gasteiger partial charge in [0.05, 0.1) is 0 Å². The van der Waals surface area contributed by atoms with Crippen molar-refractivity contribution < 1.29 is 0 Å². The molecule has 80 valence electrons. The zero-order chi connectivity index (χ0) is 10.6. The second kappa shape index (κ2) is 5.49. The molecule has 3 heteroatoms. The summed E-state index contributed by atoms with van der Waals surface area (Å²) < 4.78 is 0. The average Bonchev–Trinajstić information content (AvgIpc) is 2.47. The van der Waals surface area contributed by atoms with E-state index in [-0.39, 0.29) is 0 Å². The summed E-state index contributed by atoms with van der Waals surface area (Å²) in [4.78, 5) is 5.02. The normalized spacial score (nSPS) is 13.5. The van der Waals surface area contributed by atoms with Crippen LogP contribution in [0.5, 0.6) is 0 Å². The Kier molecular flexibility index (Phi) is 4.58. The molecule has 1 aromatic rings. The number of hydrogen-bond acceptors (Lipinski definition) is 3. The van der Waals surface area contributed by atoms with Crippen molar-refractivity contribution in [2.75, 3.05) is 20.6 Å². The predicted molar refractivity (Wildman–Crippen MR) is 63.9 cm³/mol. The Hall–Kier alpha value is -0.380. The van der Waals surface area contributed by atoms with E-state index in [0.717, 1.165) is 13.1 Å². The Bertz CT molecular complexity index is 268. The minimum absolute atomic E-state index is 0.549. The molecule has 0 spiro atoms. The van der Waals surface area contributed by atoms with E-state index in [0.29, 0.717) is 6.04 Å². The van der Waals surface area contributed by atoms with Gasteiger partial charge in [0.15, 0.2) is 0 Å². The predicted octanol–water partition coefficient (Wildman–Crippen LogP) is 2.10. The van der Waals surface area contributed by atoms with Crippen molar-refractivity contribution >= 4 is 11.3 Å². The van der Waals surface area contributed by atoms with Gasteiger partial charge in [-0.15, -0.1) is 11.3 Å². The topological polar surface area (TPSA) is 15.3 Å². The first-order valence-electron chi connectivity index (χ1n) is 5.01. The van der Waals surface area contributed by atoms with Gasteiger partial charge in [0.25, 0.3) is 0 Å². The zero-order valence-electron chi connectivity index (χ0n) is 9.50. The lowest BCUT2D eigenvalue weighted by molar-refractivity contribution is 0.349. The van der Waals surface area contributed by atoms with Gasteiger partial charge in [-0.25, -0.2) is 0 Å². The number of hydrogen-bond donors (Lipinski definition) is 1. The molecule has 0 aliphatic rings. The van der Waals surface area contributed by atoms with Crippen molar-refractivity contribution in [2.45, 2.75) is 26.4 Å². The summed E-state index contributed by atoms with van der Waals surface area (Å²) in [6, 6.07) is 4.93. The van der Waals surface area contributed by atoms with E-state index in [1.807, 2.05) is 11.3 Å². The number of likely N-dealkylation sites (N-methyl/N-ethyl adjacent to an activating group) is 1. The molecule has 0 bridgehead atoms. The first-order chi connectivity index (χ1) is 6.58. The van der Waals surface area contributed by atoms with E-state index < -0.39 is 0 Å². The van der Waals surface area contributed by atoms with E-state index in [1.165, 1.54) is 9.75 Å². The summed E-state index contributed by atoms with van der Waals surface area (Å²) in [5.41, 5.74) is 0. The van der Waals surface area contributed by atoms with Crippen LogP contribution in [0, 0.1) is 6.92 Å². The summed E-state index contributed by atoms with van der Waals surface area (Å²) >= 11 is 1.87. The maximum absolute atomic E-state index is 3.51. The Balaban J connectivity index is 2.26. The lowest BCUT2D eigenvalue weighted by Gasteiger charge is -2.17. The van der Waals surface area contributed by atoms with Crippen molar-refractivity contribution in [3.05, 3.63) is 21.9 Å². The van der Waals surface area contributed by atoms with Gasteiger partial charge < -0.3 is 10.2 Å². The molecule has 1 aromatic heterocycles. The molecular formula is C11H20N2S. The molecule has 1 atom stereocenters. The molecule has 14 heavy (non-hydrogen) atoms. The quantitative estimate of drug-likeness (QED) is 0.804. The lowest BCUT2D eigenvalue weighted by atomic mass is 10.3. The maximum Gasteiger partial charge on any atom is 0.0302 e. The third kappa shape index (κ3) is 4.22. The lowest BCUT2D eigenvalue weighted by Crippen LogP contribution is -2.35. The summed E-state index contributed by atoms with van der Waals surface area (Å²) in [5, 5.41) is 3.51. The minimum atomic E-state index is 0.549. The first kappa shape index (κ1) is 11.7. The summed E-state index contributed by atoms with van der Waals surface area (Å²) in [7, 11) is 4.21. The van der Waals surface area contributed by atoms with Gasteiger partial charge in [-0.1, -0.05) is 0 Å². The molecule has 0 saturated heterocycles. The molecule has 1 heterocycles. The first-order valence-corrected chi connectivity index (χ1v) is 5.83. The molecule has 0 radical (unpaired) electrons. The number of thiophene rings is 1. The molecule has 0 saturated carbocycles. The van der Waals surface area contributed by atoms with Gasteiger partial charge >= 0.3 is 0 Å². The van der Waals surface area contributed by atoms with E-state index in [1.54, 1.807) is 0 Å². The van der Waals surface area contributed by atoms with Crippen LogP contribution in [-0.4, -0.2) is 31.6 Å². The molecule has 0 amide bonds. The van der Waals surface area contributed by atoms with Crippen LogP contribution in [0.1, 0.15) is 16.7 Å². The molecule has 1 unspecified atom stereocenters. The zero-order valence-corrected chi connectivity index (χ0v) is 10.3. The number of nitrogens with one attached hydrogen (secondary N) is 1. The summed E-state index contributed by atoms with van der Waals surface area (Å²) in [6.45, 7) is 6.45. The van der Waals surface area contributed by atoms with Crippen LogP contribution < -0.4 is 5.32 Å². The fraction of sp³-hybridized carbons (Fsp3) is 0.636. The van der Waals surface area contributed by atoms with Gasteiger partial charge in [0.2, 0.25) is 0 Å². The number of rotatable bonds is 5. The Labute approximate surface area is 90.9 Å². The van der Waals surface area contributed by atoms with Gasteiger partial charge in [-0.3, -0.25) is 0 Å². The standard InChI is InChI=1S/C11H20N2S/c1-9(8-13(3)4)12-7-11-6-5-10(2)14-11/h5-6,9,12H,7-8H2,1-4H3. The highest BCUT2D eigenvalue weighted by Crippen LogP contribution is 2.14. The van der Waals surface area contributed by atoms with Crippen LogP contribution in [0.4, 0.5) is 0 Å². The van der Waals surface area contributed by atoms with Crippen molar-refractivity contribution in [1.82, 2.24) is 10.2 Å². The van der Waals surface area contributed by atoms with Crippen LogP contribution in [-0.2, 0) is 6.54 Å². The molecule has 0 aliphatic carbocycles. The van der Waals surface area contributed by atoms with Crippen LogP contribution in [0.25, 0.3) is 0 Å². The summed E-state index contributed by atoms with van der Waals surface area (Å²) in [5.74, 6) is 0. The molecule has 2 nitrogen and oxygen atoms in total. The fourth-order valence-corrected chi connectivity index (χ4v) is 2.31. The fourth-order valence-electron chi connectivity index (χ4n) is 1.47. The molecule has 0 aromatic carbocycles. The molecule has 1 N–H and O–H groups in total. The van der Waals surface area contributed by atoms with Crippen LogP contribution in [0.15, 0.2) is 12.1 Å². The highest BCUT2D eigenvalue weighted by atomic mass is 32.1. The number of nitrogens with zero attached hydrogens (tertiary/aromatic N) is 1. The van der Waals surface area contributed by atoms with E-state index >= 15 is 0 Å². The van der Waals surface area contributed by atoms with Crippen LogP contribution in [0.2, 0.25) is 0 Å². The second-order valence-corrected chi connectivity index (χ2v) is 5.43. The van der Waals surface area contributed by atoms with E-state index in [2.05, 4.69) is 50.3 Å². The minimum Gasteiger partial charge on any atom is -0.308 e. The Morgan fingerprint density at radius 1 is 1.43 bits per heavy atom. The average molecular weight is 212 g/mol. The third-order valence-corrected chi connectivity index (χ3v) is 3.06. The van der Waals surface area contributed by atoms with Crippen molar-refractivity contribution in [3.63, 3.8) is 0 Å². The van der Waals surface area contributed by atoms with Gasteiger partial charge in [0.1, 0.15) is 0 Å². The third-order valence-electron chi connectivity index (χ3n) is 2.06. The van der Waals surface area contributed by atoms with Crippen LogP contribution >= 0.6 is 11.3 Å². The highest BCUT2D eigenvalue weighted by Gasteiger charge is 2.03. The Morgan fingerprint density at radius 3 is 2.64 bits per heavy atom. The second-order valence-electron chi connectivity index (χ2n) is 4.06. The van der Waals surface area contributed by atoms with Gasteiger partial charge in [-0.2, -0.15) is 0 Å². The van der Waals surface area contributed by atoms with Crippen molar-refractivity contribution in [1.29, 1.82) is 0 Å². The molecule has 0 fully saturated rings. The number of aryl methyl sites for hydroxylation is 1. The smallest absolute Gasteiger partial charge is 0.0302 e. The monoisotopic (exact) mass is 212 g/mol. The Morgan fingerprint density at radius 2 is 2.14 bits per heavy atom. The largest absolute Gasteiger partial charge is 0.308 e. The van der Waals surface area contributed by atoms with Crippen molar-refractivity contribution in [2.24, 2.45) is 0 Å².